The first-order chi connectivity index (χ1) is 8.40. The van der Waals surface area contributed by atoms with Gasteiger partial charge in [-0.05, 0) is 80.7 Å². The molecule has 7 heteroatoms. The Morgan fingerprint density at radius 3 is 2.61 bits per heavy atom. The maximum atomic E-state index is 12.2. The molecule has 2 rings (SSSR count). The van der Waals surface area contributed by atoms with E-state index < -0.39 is 10.0 Å². The van der Waals surface area contributed by atoms with Crippen molar-refractivity contribution in [2.24, 2.45) is 0 Å². The van der Waals surface area contributed by atoms with E-state index in [1.807, 2.05) is 19.1 Å². The van der Waals surface area contributed by atoms with Crippen molar-refractivity contribution in [1.29, 1.82) is 0 Å². The van der Waals surface area contributed by atoms with E-state index in [-0.39, 0.29) is 0 Å². The minimum Gasteiger partial charge on any atom is -0.279 e. The first kappa shape index (κ1) is 14.3. The van der Waals surface area contributed by atoms with Crippen LogP contribution in [0.4, 0.5) is 5.69 Å². The van der Waals surface area contributed by atoms with Crippen molar-refractivity contribution in [2.45, 2.75) is 11.1 Å². The molecule has 96 valence electrons. The zero-order valence-electron chi connectivity index (χ0n) is 9.28. The number of benzene rings is 1. The highest BCUT2D eigenvalue weighted by molar-refractivity contribution is 14.1. The summed E-state index contributed by atoms with van der Waals surface area (Å²) in [6.07, 6.45) is 0. The van der Waals surface area contributed by atoms with Gasteiger partial charge in [0.2, 0.25) is 0 Å². The molecule has 1 aromatic carbocycles. The predicted molar refractivity (Wildman–Crippen MR) is 86.7 cm³/mol. The Balaban J connectivity index is 2.37. The molecule has 0 fully saturated rings. The number of nitrogens with one attached hydrogen (secondary N) is 1. The topological polar surface area (TPSA) is 46.2 Å². The normalized spacial score (nSPS) is 11.5. The van der Waals surface area contributed by atoms with Gasteiger partial charge < -0.3 is 0 Å². The number of sulfonamides is 1. The van der Waals surface area contributed by atoms with Crippen molar-refractivity contribution in [3.05, 3.63) is 43.3 Å². The average Bonchev–Trinajstić information content (AvgIpc) is 2.69. The molecule has 0 saturated carbocycles. The fourth-order valence-corrected chi connectivity index (χ4v) is 5.52. The third-order valence-electron chi connectivity index (χ3n) is 2.26. The standard InChI is InChI=1S/C11H9BrINO2S2/c1-7-6-8(13)2-3-10(7)14-18(15,16)11-9(12)4-5-17-11/h2-6,14H,1H3. The van der Waals surface area contributed by atoms with Gasteiger partial charge in [-0.2, -0.15) is 0 Å². The Kier molecular flexibility index (Phi) is 4.35. The van der Waals surface area contributed by atoms with Gasteiger partial charge >= 0.3 is 0 Å². The second-order valence-corrected chi connectivity index (χ2v) is 8.51. The first-order valence-electron chi connectivity index (χ1n) is 4.92. The molecule has 0 amide bonds. The largest absolute Gasteiger partial charge is 0.279 e. The van der Waals surface area contributed by atoms with E-state index >= 15 is 0 Å². The summed E-state index contributed by atoms with van der Waals surface area (Å²) in [5, 5.41) is 1.74. The van der Waals surface area contributed by atoms with Crippen LogP contribution in [0.15, 0.2) is 38.3 Å². The van der Waals surface area contributed by atoms with Crippen molar-refractivity contribution in [1.82, 2.24) is 0 Å². The Morgan fingerprint density at radius 2 is 2.06 bits per heavy atom. The van der Waals surface area contributed by atoms with Crippen molar-refractivity contribution < 1.29 is 8.42 Å². The van der Waals surface area contributed by atoms with E-state index in [9.17, 15) is 8.42 Å². The minimum absolute atomic E-state index is 0.292. The van der Waals surface area contributed by atoms with Crippen LogP contribution < -0.4 is 4.72 Å². The van der Waals surface area contributed by atoms with E-state index in [0.717, 1.165) is 9.13 Å². The molecule has 3 nitrogen and oxygen atoms in total. The lowest BCUT2D eigenvalue weighted by molar-refractivity contribution is 0.603. The van der Waals surface area contributed by atoms with Crippen LogP contribution in [0.3, 0.4) is 0 Å². The molecule has 0 spiro atoms. The monoisotopic (exact) mass is 457 g/mol. The maximum absolute atomic E-state index is 12.2. The minimum atomic E-state index is -3.52. The Hall–Kier alpha value is -0.120. The van der Waals surface area contributed by atoms with Crippen LogP contribution in [0, 0.1) is 10.5 Å². The maximum Gasteiger partial charge on any atom is 0.272 e. The Morgan fingerprint density at radius 1 is 1.33 bits per heavy atom. The van der Waals surface area contributed by atoms with Crippen molar-refractivity contribution >= 4 is 65.6 Å². The summed E-state index contributed by atoms with van der Waals surface area (Å²) in [5.74, 6) is 0. The van der Waals surface area contributed by atoms with Gasteiger partial charge in [0.15, 0.2) is 4.21 Å². The molecule has 0 unspecified atom stereocenters. The number of thiophene rings is 1. The SMILES string of the molecule is Cc1cc(I)ccc1NS(=O)(=O)c1sccc1Br. The molecule has 1 heterocycles. The summed E-state index contributed by atoms with van der Waals surface area (Å²) < 4.78 is 28.9. The lowest BCUT2D eigenvalue weighted by Gasteiger charge is -2.10. The van der Waals surface area contributed by atoms with Crippen molar-refractivity contribution in [3.63, 3.8) is 0 Å². The highest BCUT2D eigenvalue weighted by Crippen LogP contribution is 2.30. The summed E-state index contributed by atoms with van der Waals surface area (Å²) in [5.41, 5.74) is 1.51. The lowest BCUT2D eigenvalue weighted by Crippen LogP contribution is -2.12. The molecule has 1 N–H and O–H groups in total. The number of rotatable bonds is 3. The molecule has 0 bridgehead atoms. The van der Waals surface area contributed by atoms with Gasteiger partial charge in [-0.25, -0.2) is 8.42 Å². The van der Waals surface area contributed by atoms with Gasteiger partial charge in [0.05, 0.1) is 5.69 Å². The number of hydrogen-bond acceptors (Lipinski definition) is 3. The second-order valence-electron chi connectivity index (χ2n) is 3.62. The van der Waals surface area contributed by atoms with Crippen LogP contribution in [0.2, 0.25) is 0 Å². The fraction of sp³-hybridized carbons (Fsp3) is 0.0909. The van der Waals surface area contributed by atoms with Crippen LogP contribution in [0.1, 0.15) is 5.56 Å². The van der Waals surface area contributed by atoms with Crippen LogP contribution in [0.5, 0.6) is 0 Å². The lowest BCUT2D eigenvalue weighted by atomic mass is 10.2. The average molecular weight is 458 g/mol. The van der Waals surface area contributed by atoms with Crippen molar-refractivity contribution in [2.75, 3.05) is 4.72 Å². The molecule has 1 aromatic heterocycles. The highest BCUT2D eigenvalue weighted by atomic mass is 127. The van der Waals surface area contributed by atoms with E-state index in [2.05, 4.69) is 43.2 Å². The molecular formula is C11H9BrINO2S2. The number of hydrogen-bond donors (Lipinski definition) is 1. The molecule has 2 aromatic rings. The van der Waals surface area contributed by atoms with Gasteiger partial charge in [-0.3, -0.25) is 4.72 Å². The van der Waals surface area contributed by atoms with Gasteiger partial charge in [0, 0.05) is 8.04 Å². The molecule has 0 saturated heterocycles. The van der Waals surface area contributed by atoms with E-state index in [1.54, 1.807) is 17.5 Å². The van der Waals surface area contributed by atoms with Gasteiger partial charge in [0.25, 0.3) is 10.0 Å². The van der Waals surface area contributed by atoms with E-state index in [4.69, 9.17) is 0 Å². The number of aryl methyl sites for hydroxylation is 1. The van der Waals surface area contributed by atoms with Crippen LogP contribution in [-0.4, -0.2) is 8.42 Å². The summed E-state index contributed by atoms with van der Waals surface area (Å²) in [7, 11) is -3.52. The number of anilines is 1. The molecular weight excluding hydrogens is 449 g/mol. The number of halogens is 2. The third-order valence-corrected chi connectivity index (χ3v) is 6.97. The summed E-state index contributed by atoms with van der Waals surface area (Å²) in [6, 6.07) is 7.30. The fourth-order valence-electron chi connectivity index (χ4n) is 1.40. The van der Waals surface area contributed by atoms with Crippen LogP contribution in [0.25, 0.3) is 0 Å². The zero-order chi connectivity index (χ0) is 13.3. The van der Waals surface area contributed by atoms with E-state index in [0.29, 0.717) is 14.4 Å². The van der Waals surface area contributed by atoms with Crippen LogP contribution >= 0.6 is 49.9 Å². The first-order valence-corrected chi connectivity index (χ1v) is 9.15. The molecule has 18 heavy (non-hydrogen) atoms. The Bertz CT molecular complexity index is 682. The molecule has 0 aliphatic rings. The van der Waals surface area contributed by atoms with Gasteiger partial charge in [-0.15, -0.1) is 11.3 Å². The van der Waals surface area contributed by atoms with Crippen molar-refractivity contribution in [3.8, 4) is 0 Å². The summed E-state index contributed by atoms with van der Waals surface area (Å²) in [4.78, 5) is 0. The molecule has 0 radical (unpaired) electrons. The summed E-state index contributed by atoms with van der Waals surface area (Å²) >= 11 is 6.61. The quantitative estimate of drug-likeness (QED) is 0.701. The molecule has 0 aliphatic carbocycles. The zero-order valence-corrected chi connectivity index (χ0v) is 14.7. The van der Waals surface area contributed by atoms with Gasteiger partial charge in [0.1, 0.15) is 0 Å². The highest BCUT2D eigenvalue weighted by Gasteiger charge is 2.19. The third kappa shape index (κ3) is 3.06. The molecule has 0 atom stereocenters. The predicted octanol–water partition coefficient (Wildman–Crippen LogP) is 4.22. The second kappa shape index (κ2) is 5.48. The Labute approximate surface area is 132 Å². The van der Waals surface area contributed by atoms with Crippen LogP contribution in [-0.2, 0) is 10.0 Å². The van der Waals surface area contributed by atoms with E-state index in [1.165, 1.54) is 11.3 Å². The molecule has 0 aliphatic heterocycles. The summed E-state index contributed by atoms with van der Waals surface area (Å²) in [6.45, 7) is 1.88. The smallest absolute Gasteiger partial charge is 0.272 e. The van der Waals surface area contributed by atoms with Gasteiger partial charge in [-0.1, -0.05) is 0 Å².